The highest BCUT2D eigenvalue weighted by atomic mass is 79.9. The Bertz CT molecular complexity index is 477. The normalized spacial score (nSPS) is 18.7. The lowest BCUT2D eigenvalue weighted by Crippen LogP contribution is -2.45. The molecule has 1 aliphatic heterocycles. The lowest BCUT2D eigenvalue weighted by molar-refractivity contribution is -0.150. The Morgan fingerprint density at radius 1 is 1.39 bits per heavy atom. The second-order valence-corrected chi connectivity index (χ2v) is 7.22. The number of hydrogen-bond donors (Lipinski definition) is 1. The van der Waals surface area contributed by atoms with Gasteiger partial charge in [0, 0.05) is 13.1 Å². The molecule has 0 radical (unpaired) electrons. The van der Waals surface area contributed by atoms with E-state index in [2.05, 4.69) is 15.9 Å². The highest BCUT2D eigenvalue weighted by Crippen LogP contribution is 2.32. The number of likely N-dealkylation sites (tertiary alicyclic amines) is 1. The van der Waals surface area contributed by atoms with Gasteiger partial charge in [-0.25, -0.2) is 0 Å². The lowest BCUT2D eigenvalue weighted by Gasteiger charge is -2.36. The van der Waals surface area contributed by atoms with Crippen molar-refractivity contribution in [3.63, 3.8) is 0 Å². The van der Waals surface area contributed by atoms with Crippen LogP contribution in [0.3, 0.4) is 0 Å². The van der Waals surface area contributed by atoms with Crippen molar-refractivity contribution in [1.29, 1.82) is 0 Å². The SMILES string of the molecule is CC1(C(=O)O)CCN(C(=O)c2ccc(Br)s2)CC1. The maximum atomic E-state index is 12.2. The number of carbonyl (C=O) groups is 2. The molecule has 6 heteroatoms. The van der Waals surface area contributed by atoms with Crippen molar-refractivity contribution in [2.24, 2.45) is 5.41 Å². The molecule has 0 bridgehead atoms. The van der Waals surface area contributed by atoms with Gasteiger partial charge in [0.05, 0.1) is 14.1 Å². The molecule has 4 nitrogen and oxygen atoms in total. The zero-order valence-electron chi connectivity index (χ0n) is 9.98. The molecule has 0 aromatic carbocycles. The summed E-state index contributed by atoms with van der Waals surface area (Å²) in [6, 6.07) is 3.64. The molecule has 1 N–H and O–H groups in total. The third kappa shape index (κ3) is 2.59. The summed E-state index contributed by atoms with van der Waals surface area (Å²) in [6.45, 7) is 2.77. The molecule has 2 rings (SSSR count). The minimum absolute atomic E-state index is 0.00172. The van der Waals surface area contributed by atoms with Crippen molar-refractivity contribution in [3.05, 3.63) is 20.8 Å². The van der Waals surface area contributed by atoms with Crippen molar-refractivity contribution in [3.8, 4) is 0 Å². The van der Waals surface area contributed by atoms with Gasteiger partial charge in [-0.15, -0.1) is 11.3 Å². The summed E-state index contributed by atoms with van der Waals surface area (Å²) in [5.74, 6) is -0.772. The molecule has 2 heterocycles. The Labute approximate surface area is 118 Å². The van der Waals surface area contributed by atoms with Crippen LogP contribution in [0.4, 0.5) is 0 Å². The van der Waals surface area contributed by atoms with Crippen LogP contribution in [0.1, 0.15) is 29.4 Å². The Morgan fingerprint density at radius 2 is 2.00 bits per heavy atom. The summed E-state index contributed by atoms with van der Waals surface area (Å²) < 4.78 is 0.929. The summed E-state index contributed by atoms with van der Waals surface area (Å²) in [5.41, 5.74) is -0.688. The van der Waals surface area contributed by atoms with Crippen LogP contribution in [0.15, 0.2) is 15.9 Å². The molecule has 0 saturated carbocycles. The maximum absolute atomic E-state index is 12.2. The van der Waals surface area contributed by atoms with Gasteiger partial charge in [0.1, 0.15) is 0 Å². The number of aliphatic carboxylic acids is 1. The van der Waals surface area contributed by atoms with Crippen LogP contribution < -0.4 is 0 Å². The molecule has 1 saturated heterocycles. The molecule has 1 amide bonds. The quantitative estimate of drug-likeness (QED) is 0.906. The van der Waals surface area contributed by atoms with Gasteiger partial charge in [0.25, 0.3) is 5.91 Å². The van der Waals surface area contributed by atoms with E-state index in [1.165, 1.54) is 11.3 Å². The number of carbonyl (C=O) groups excluding carboxylic acids is 1. The van der Waals surface area contributed by atoms with Gasteiger partial charge < -0.3 is 10.0 Å². The van der Waals surface area contributed by atoms with E-state index in [1.807, 2.05) is 6.07 Å². The van der Waals surface area contributed by atoms with Crippen LogP contribution in [-0.2, 0) is 4.79 Å². The van der Waals surface area contributed by atoms with E-state index in [-0.39, 0.29) is 5.91 Å². The van der Waals surface area contributed by atoms with Gasteiger partial charge in [-0.1, -0.05) is 0 Å². The number of thiophene rings is 1. The smallest absolute Gasteiger partial charge is 0.309 e. The number of amides is 1. The third-order valence-corrected chi connectivity index (χ3v) is 5.07. The van der Waals surface area contributed by atoms with E-state index < -0.39 is 11.4 Å². The maximum Gasteiger partial charge on any atom is 0.309 e. The molecule has 0 unspecified atom stereocenters. The van der Waals surface area contributed by atoms with Gasteiger partial charge in [-0.2, -0.15) is 0 Å². The second-order valence-electron chi connectivity index (χ2n) is 4.76. The van der Waals surface area contributed by atoms with Crippen LogP contribution >= 0.6 is 27.3 Å². The Balaban J connectivity index is 2.02. The van der Waals surface area contributed by atoms with E-state index in [9.17, 15) is 9.59 Å². The molecule has 98 valence electrons. The van der Waals surface area contributed by atoms with Crippen LogP contribution in [0.5, 0.6) is 0 Å². The van der Waals surface area contributed by atoms with Crippen LogP contribution in [-0.4, -0.2) is 35.0 Å². The highest BCUT2D eigenvalue weighted by molar-refractivity contribution is 9.11. The standard InChI is InChI=1S/C12H14BrNO3S/c1-12(11(16)17)4-6-14(7-5-12)10(15)8-2-3-9(13)18-8/h2-3H,4-7H2,1H3,(H,16,17). The van der Waals surface area contributed by atoms with E-state index in [1.54, 1.807) is 17.9 Å². The first-order valence-electron chi connectivity index (χ1n) is 5.70. The van der Waals surface area contributed by atoms with Gasteiger partial charge in [-0.3, -0.25) is 9.59 Å². The van der Waals surface area contributed by atoms with Gasteiger partial charge in [-0.05, 0) is 47.8 Å². The fraction of sp³-hybridized carbons (Fsp3) is 0.500. The predicted molar refractivity (Wildman–Crippen MR) is 72.9 cm³/mol. The van der Waals surface area contributed by atoms with Gasteiger partial charge >= 0.3 is 5.97 Å². The van der Waals surface area contributed by atoms with E-state index in [4.69, 9.17) is 5.11 Å². The fourth-order valence-corrected chi connectivity index (χ4v) is 3.36. The first-order valence-corrected chi connectivity index (χ1v) is 7.31. The Kier molecular flexibility index (Phi) is 3.77. The first-order chi connectivity index (χ1) is 8.42. The predicted octanol–water partition coefficient (Wildman–Crippen LogP) is 2.84. The number of carboxylic acids is 1. The second kappa shape index (κ2) is 5.01. The number of nitrogens with zero attached hydrogens (tertiary/aromatic N) is 1. The van der Waals surface area contributed by atoms with E-state index in [0.29, 0.717) is 30.8 Å². The van der Waals surface area contributed by atoms with Crippen molar-refractivity contribution in [1.82, 2.24) is 4.90 Å². The zero-order chi connectivity index (χ0) is 13.3. The van der Waals surface area contributed by atoms with E-state index in [0.717, 1.165) is 3.79 Å². The zero-order valence-corrected chi connectivity index (χ0v) is 12.4. The Morgan fingerprint density at radius 3 is 2.44 bits per heavy atom. The Hall–Kier alpha value is -0.880. The molecule has 1 aromatic rings. The van der Waals surface area contributed by atoms with E-state index >= 15 is 0 Å². The highest BCUT2D eigenvalue weighted by Gasteiger charge is 2.38. The molecule has 1 aliphatic rings. The summed E-state index contributed by atoms with van der Waals surface area (Å²) in [6.07, 6.45) is 1.03. The average Bonchev–Trinajstić information content (AvgIpc) is 2.76. The summed E-state index contributed by atoms with van der Waals surface area (Å²) >= 11 is 4.74. The minimum atomic E-state index is -0.770. The van der Waals surface area contributed by atoms with Crippen LogP contribution in [0, 0.1) is 5.41 Å². The minimum Gasteiger partial charge on any atom is -0.481 e. The largest absolute Gasteiger partial charge is 0.481 e. The topological polar surface area (TPSA) is 57.6 Å². The summed E-state index contributed by atoms with van der Waals surface area (Å²) in [5, 5.41) is 9.14. The number of piperidine rings is 1. The molecular formula is C12H14BrNO3S. The number of carboxylic acid groups (broad SMARTS) is 1. The number of halogens is 1. The molecule has 1 aromatic heterocycles. The fourth-order valence-electron chi connectivity index (χ4n) is 2.00. The van der Waals surface area contributed by atoms with Crippen molar-refractivity contribution in [2.75, 3.05) is 13.1 Å². The van der Waals surface area contributed by atoms with Crippen LogP contribution in [0.25, 0.3) is 0 Å². The molecule has 0 aliphatic carbocycles. The first kappa shape index (κ1) is 13.5. The molecule has 18 heavy (non-hydrogen) atoms. The van der Waals surface area contributed by atoms with Gasteiger partial charge in [0.2, 0.25) is 0 Å². The van der Waals surface area contributed by atoms with Crippen molar-refractivity contribution in [2.45, 2.75) is 19.8 Å². The molecule has 1 fully saturated rings. The number of rotatable bonds is 2. The van der Waals surface area contributed by atoms with Crippen molar-refractivity contribution < 1.29 is 14.7 Å². The number of hydrogen-bond acceptors (Lipinski definition) is 3. The van der Waals surface area contributed by atoms with Crippen molar-refractivity contribution >= 4 is 39.1 Å². The monoisotopic (exact) mass is 331 g/mol. The molecular weight excluding hydrogens is 318 g/mol. The molecule has 0 spiro atoms. The van der Waals surface area contributed by atoms with Gasteiger partial charge in [0.15, 0.2) is 0 Å². The van der Waals surface area contributed by atoms with Crippen LogP contribution in [0.2, 0.25) is 0 Å². The average molecular weight is 332 g/mol. The molecule has 0 atom stereocenters. The summed E-state index contributed by atoms with van der Waals surface area (Å²) in [7, 11) is 0. The third-order valence-electron chi connectivity index (χ3n) is 3.45. The summed E-state index contributed by atoms with van der Waals surface area (Å²) in [4.78, 5) is 25.7. The lowest BCUT2D eigenvalue weighted by atomic mass is 9.80.